The number of hydrazine groups is 1. The van der Waals surface area contributed by atoms with Gasteiger partial charge in [0.15, 0.2) is 0 Å². The van der Waals surface area contributed by atoms with E-state index < -0.39 is 0 Å². The second-order valence-electron chi connectivity index (χ2n) is 2.71. The molecule has 14 heavy (non-hydrogen) atoms. The van der Waals surface area contributed by atoms with Crippen LogP contribution in [-0.2, 0) is 16.0 Å². The molecule has 0 spiro atoms. The fourth-order valence-electron chi connectivity index (χ4n) is 1.02. The highest BCUT2D eigenvalue weighted by Crippen LogP contribution is 2.22. The molecule has 1 aromatic carbocycles. The molecule has 0 aliphatic carbocycles. The first-order chi connectivity index (χ1) is 6.67. The van der Waals surface area contributed by atoms with Crippen LogP contribution in [0.25, 0.3) is 0 Å². The van der Waals surface area contributed by atoms with Gasteiger partial charge in [0.2, 0.25) is 0 Å². The fourth-order valence-corrected chi connectivity index (χ4v) is 1.57. The van der Waals surface area contributed by atoms with Crippen LogP contribution in [0.5, 0.6) is 0 Å². The van der Waals surface area contributed by atoms with Gasteiger partial charge in [-0.05, 0) is 33.6 Å². The lowest BCUT2D eigenvalue weighted by Gasteiger charge is -2.05. The number of methoxy groups -OCH3 is 1. The van der Waals surface area contributed by atoms with Crippen molar-refractivity contribution in [3.8, 4) is 0 Å². The summed E-state index contributed by atoms with van der Waals surface area (Å²) in [6, 6.07) is 5.44. The van der Waals surface area contributed by atoms with Crippen molar-refractivity contribution in [3.63, 3.8) is 0 Å². The minimum atomic E-state index is -0.259. The SMILES string of the molecule is COC(=O)Cc1ccc(NN)c(Br)c1. The number of anilines is 1. The van der Waals surface area contributed by atoms with Gasteiger partial charge in [-0.2, -0.15) is 0 Å². The Morgan fingerprint density at radius 3 is 2.86 bits per heavy atom. The average Bonchev–Trinajstić information content (AvgIpc) is 2.18. The van der Waals surface area contributed by atoms with Gasteiger partial charge in [0.1, 0.15) is 0 Å². The van der Waals surface area contributed by atoms with Crippen molar-refractivity contribution >= 4 is 27.6 Å². The van der Waals surface area contributed by atoms with Crippen LogP contribution >= 0.6 is 15.9 Å². The van der Waals surface area contributed by atoms with Crippen LogP contribution in [-0.4, -0.2) is 13.1 Å². The van der Waals surface area contributed by atoms with Gasteiger partial charge < -0.3 is 10.2 Å². The summed E-state index contributed by atoms with van der Waals surface area (Å²) in [5, 5.41) is 0. The molecule has 4 nitrogen and oxygen atoms in total. The third kappa shape index (κ3) is 2.71. The molecule has 0 amide bonds. The number of nitrogens with one attached hydrogen (secondary N) is 1. The number of esters is 1. The predicted octanol–water partition coefficient (Wildman–Crippen LogP) is 1.45. The van der Waals surface area contributed by atoms with E-state index in [0.29, 0.717) is 0 Å². The van der Waals surface area contributed by atoms with Gasteiger partial charge in [-0.3, -0.25) is 10.6 Å². The minimum Gasteiger partial charge on any atom is -0.469 e. The van der Waals surface area contributed by atoms with Crippen molar-refractivity contribution in [2.24, 2.45) is 5.84 Å². The van der Waals surface area contributed by atoms with Crippen molar-refractivity contribution in [3.05, 3.63) is 28.2 Å². The highest BCUT2D eigenvalue weighted by Gasteiger charge is 2.05. The van der Waals surface area contributed by atoms with Crippen molar-refractivity contribution in [1.29, 1.82) is 0 Å². The summed E-state index contributed by atoms with van der Waals surface area (Å²) in [6.45, 7) is 0. The van der Waals surface area contributed by atoms with Crippen molar-refractivity contribution < 1.29 is 9.53 Å². The molecule has 0 saturated carbocycles. The molecule has 0 atom stereocenters. The predicted molar refractivity (Wildman–Crippen MR) is 57.7 cm³/mol. The van der Waals surface area contributed by atoms with E-state index in [-0.39, 0.29) is 12.4 Å². The largest absolute Gasteiger partial charge is 0.469 e. The Bertz CT molecular complexity index is 342. The first-order valence-electron chi connectivity index (χ1n) is 3.99. The molecule has 1 aromatic rings. The Labute approximate surface area is 90.5 Å². The number of halogens is 1. The first-order valence-corrected chi connectivity index (χ1v) is 4.78. The van der Waals surface area contributed by atoms with Gasteiger partial charge in [-0.15, -0.1) is 0 Å². The van der Waals surface area contributed by atoms with Crippen LogP contribution < -0.4 is 11.3 Å². The number of rotatable bonds is 3. The smallest absolute Gasteiger partial charge is 0.309 e. The summed E-state index contributed by atoms with van der Waals surface area (Å²) in [5.74, 6) is 5.00. The first kappa shape index (κ1) is 11.0. The summed E-state index contributed by atoms with van der Waals surface area (Å²) in [4.78, 5) is 11.0. The molecule has 0 saturated heterocycles. The van der Waals surface area contributed by atoms with Gasteiger partial charge in [0.05, 0.1) is 19.2 Å². The Hall–Kier alpha value is -1.07. The molecule has 0 aromatic heterocycles. The molecule has 0 radical (unpaired) electrons. The highest BCUT2D eigenvalue weighted by molar-refractivity contribution is 9.10. The normalized spacial score (nSPS) is 9.64. The molecular formula is C9H11BrN2O2. The number of carbonyl (C=O) groups excluding carboxylic acids is 1. The highest BCUT2D eigenvalue weighted by atomic mass is 79.9. The van der Waals surface area contributed by atoms with Gasteiger partial charge in [0.25, 0.3) is 0 Å². The third-order valence-corrected chi connectivity index (χ3v) is 2.42. The van der Waals surface area contributed by atoms with E-state index in [4.69, 9.17) is 5.84 Å². The summed E-state index contributed by atoms with van der Waals surface area (Å²) < 4.78 is 5.38. The second kappa shape index (κ2) is 4.97. The van der Waals surface area contributed by atoms with Gasteiger partial charge in [-0.1, -0.05) is 6.07 Å². The lowest BCUT2D eigenvalue weighted by atomic mass is 10.1. The molecule has 1 rings (SSSR count). The molecule has 0 unspecified atom stereocenters. The van der Waals surface area contributed by atoms with E-state index in [1.165, 1.54) is 7.11 Å². The summed E-state index contributed by atoms with van der Waals surface area (Å²) in [5.41, 5.74) is 4.18. The molecule has 0 aliphatic heterocycles. The van der Waals surface area contributed by atoms with Crippen LogP contribution in [0.2, 0.25) is 0 Å². The molecule has 0 heterocycles. The fraction of sp³-hybridized carbons (Fsp3) is 0.222. The maximum Gasteiger partial charge on any atom is 0.309 e. The van der Waals surface area contributed by atoms with Gasteiger partial charge in [-0.25, -0.2) is 0 Å². The van der Waals surface area contributed by atoms with Crippen molar-refractivity contribution in [2.75, 3.05) is 12.5 Å². The number of hydrogen-bond donors (Lipinski definition) is 2. The zero-order chi connectivity index (χ0) is 10.6. The zero-order valence-corrected chi connectivity index (χ0v) is 9.30. The quantitative estimate of drug-likeness (QED) is 0.490. The summed E-state index contributed by atoms with van der Waals surface area (Å²) in [6.07, 6.45) is 0.264. The van der Waals surface area contributed by atoms with Crippen molar-refractivity contribution in [2.45, 2.75) is 6.42 Å². The number of ether oxygens (including phenoxy) is 1. The molecular weight excluding hydrogens is 248 g/mol. The Kier molecular flexibility index (Phi) is 3.91. The topological polar surface area (TPSA) is 64.3 Å². The maximum atomic E-state index is 11.0. The lowest BCUT2D eigenvalue weighted by molar-refractivity contribution is -0.139. The number of benzene rings is 1. The van der Waals surface area contributed by atoms with Crippen LogP contribution in [0.3, 0.4) is 0 Å². The summed E-state index contributed by atoms with van der Waals surface area (Å²) in [7, 11) is 1.37. The summed E-state index contributed by atoms with van der Waals surface area (Å²) >= 11 is 3.32. The Morgan fingerprint density at radius 1 is 1.64 bits per heavy atom. The number of hydrogen-bond acceptors (Lipinski definition) is 4. The number of nitrogens with two attached hydrogens (primary N) is 1. The van der Waals surface area contributed by atoms with E-state index in [1.807, 2.05) is 12.1 Å². The molecule has 5 heteroatoms. The maximum absolute atomic E-state index is 11.0. The zero-order valence-electron chi connectivity index (χ0n) is 7.71. The average molecular weight is 259 g/mol. The molecule has 3 N–H and O–H groups in total. The monoisotopic (exact) mass is 258 g/mol. The van der Waals surface area contributed by atoms with Crippen LogP contribution in [0, 0.1) is 0 Å². The standard InChI is InChI=1S/C9H11BrN2O2/c1-14-9(13)5-6-2-3-8(12-11)7(10)4-6/h2-4,12H,5,11H2,1H3. The van der Waals surface area contributed by atoms with Crippen LogP contribution in [0.15, 0.2) is 22.7 Å². The Morgan fingerprint density at radius 2 is 2.36 bits per heavy atom. The molecule has 0 aliphatic rings. The van der Waals surface area contributed by atoms with Crippen LogP contribution in [0.4, 0.5) is 5.69 Å². The number of nitrogen functional groups attached to an aromatic ring is 1. The van der Waals surface area contributed by atoms with Gasteiger partial charge >= 0.3 is 5.97 Å². The van der Waals surface area contributed by atoms with E-state index in [0.717, 1.165) is 15.7 Å². The second-order valence-corrected chi connectivity index (χ2v) is 3.57. The minimum absolute atomic E-state index is 0.259. The van der Waals surface area contributed by atoms with Crippen LogP contribution in [0.1, 0.15) is 5.56 Å². The molecule has 0 fully saturated rings. The lowest BCUT2D eigenvalue weighted by Crippen LogP contribution is -2.08. The van der Waals surface area contributed by atoms with Crippen molar-refractivity contribution in [1.82, 2.24) is 0 Å². The van der Waals surface area contributed by atoms with E-state index in [2.05, 4.69) is 26.1 Å². The van der Waals surface area contributed by atoms with E-state index in [1.54, 1.807) is 6.07 Å². The van der Waals surface area contributed by atoms with E-state index >= 15 is 0 Å². The third-order valence-electron chi connectivity index (χ3n) is 1.77. The Balaban J connectivity index is 2.81. The number of carbonyl (C=O) groups is 1. The van der Waals surface area contributed by atoms with Gasteiger partial charge in [0, 0.05) is 4.47 Å². The molecule has 76 valence electrons. The van der Waals surface area contributed by atoms with E-state index in [9.17, 15) is 4.79 Å². The molecule has 0 bridgehead atoms.